The average Bonchev–Trinajstić information content (AvgIpc) is 2.98. The maximum Gasteiger partial charge on any atom is 0.152 e. The predicted molar refractivity (Wildman–Crippen MR) is 64.9 cm³/mol. The highest BCUT2D eigenvalue weighted by Gasteiger charge is 2.33. The lowest BCUT2D eigenvalue weighted by Gasteiger charge is -2.28. The van der Waals surface area contributed by atoms with E-state index in [2.05, 4.69) is 15.4 Å². The number of fused-ring (bicyclic) bond motifs is 1. The van der Waals surface area contributed by atoms with Crippen molar-refractivity contribution in [1.29, 1.82) is 0 Å². The molecule has 0 saturated heterocycles. The first-order valence-corrected chi connectivity index (χ1v) is 6.00. The van der Waals surface area contributed by atoms with Gasteiger partial charge in [-0.1, -0.05) is 12.8 Å². The van der Waals surface area contributed by atoms with Gasteiger partial charge < -0.3 is 10.4 Å². The van der Waals surface area contributed by atoms with Gasteiger partial charge in [0.1, 0.15) is 5.52 Å². The minimum absolute atomic E-state index is 0.157. The number of aliphatic hydroxyl groups excluding tert-OH is 1. The molecule has 0 unspecified atom stereocenters. The van der Waals surface area contributed by atoms with Crippen molar-refractivity contribution in [2.45, 2.75) is 31.2 Å². The second-order valence-electron chi connectivity index (χ2n) is 4.71. The molecule has 2 N–H and O–H groups in total. The molecule has 0 atom stereocenters. The van der Waals surface area contributed by atoms with E-state index >= 15 is 0 Å². The van der Waals surface area contributed by atoms with Gasteiger partial charge in [0.25, 0.3) is 0 Å². The Hall–Kier alpha value is -1.62. The Morgan fingerprint density at radius 1 is 1.35 bits per heavy atom. The molecule has 2 aromatic rings. The molecule has 17 heavy (non-hydrogen) atoms. The fourth-order valence-electron chi connectivity index (χ4n) is 2.58. The monoisotopic (exact) mass is 232 g/mol. The molecule has 0 bridgehead atoms. The van der Waals surface area contributed by atoms with Crippen LogP contribution in [0.25, 0.3) is 5.52 Å². The van der Waals surface area contributed by atoms with Crippen molar-refractivity contribution in [2.75, 3.05) is 11.9 Å². The highest BCUT2D eigenvalue weighted by molar-refractivity contribution is 5.67. The Morgan fingerprint density at radius 3 is 2.94 bits per heavy atom. The number of nitrogens with zero attached hydrogens (tertiary/aromatic N) is 3. The summed E-state index contributed by atoms with van der Waals surface area (Å²) in [5.41, 5.74) is 0.756. The number of nitrogens with one attached hydrogen (secondary N) is 1. The van der Waals surface area contributed by atoms with Crippen LogP contribution < -0.4 is 5.32 Å². The van der Waals surface area contributed by atoms with Crippen LogP contribution >= 0.6 is 0 Å². The zero-order valence-corrected chi connectivity index (χ0v) is 9.63. The van der Waals surface area contributed by atoms with Crippen molar-refractivity contribution in [3.63, 3.8) is 0 Å². The van der Waals surface area contributed by atoms with Crippen molar-refractivity contribution in [3.8, 4) is 0 Å². The molecule has 0 aromatic carbocycles. The lowest BCUT2D eigenvalue weighted by Crippen LogP contribution is -2.39. The predicted octanol–water partition coefficient (Wildman–Crippen LogP) is 1.45. The first-order chi connectivity index (χ1) is 8.33. The molecule has 5 nitrogen and oxygen atoms in total. The summed E-state index contributed by atoms with van der Waals surface area (Å²) in [6, 6.07) is 1.93. The molecule has 3 rings (SSSR count). The SMILES string of the molecule is OCC1(Nc2nccn3nccc23)CCCC1. The number of rotatable bonds is 3. The van der Waals surface area contributed by atoms with E-state index in [1.807, 2.05) is 12.3 Å². The summed E-state index contributed by atoms with van der Waals surface area (Å²) in [6.45, 7) is 0.157. The zero-order chi connectivity index (χ0) is 11.7. The minimum Gasteiger partial charge on any atom is -0.394 e. The van der Waals surface area contributed by atoms with Gasteiger partial charge in [-0.25, -0.2) is 9.50 Å². The quantitative estimate of drug-likeness (QED) is 0.840. The molecule has 5 heteroatoms. The highest BCUT2D eigenvalue weighted by Crippen LogP contribution is 2.33. The molecule has 1 saturated carbocycles. The molecular formula is C12H16N4O. The number of hydrogen-bond donors (Lipinski definition) is 2. The van der Waals surface area contributed by atoms with Gasteiger partial charge in [-0.05, 0) is 18.9 Å². The molecule has 0 amide bonds. The summed E-state index contributed by atoms with van der Waals surface area (Å²) >= 11 is 0. The van der Waals surface area contributed by atoms with Gasteiger partial charge >= 0.3 is 0 Å². The largest absolute Gasteiger partial charge is 0.394 e. The van der Waals surface area contributed by atoms with Crippen LogP contribution in [0.5, 0.6) is 0 Å². The summed E-state index contributed by atoms with van der Waals surface area (Å²) in [4.78, 5) is 4.35. The van der Waals surface area contributed by atoms with Crippen LogP contribution in [-0.4, -0.2) is 31.9 Å². The first kappa shape index (κ1) is 10.5. The topological polar surface area (TPSA) is 62.5 Å². The van der Waals surface area contributed by atoms with E-state index < -0.39 is 0 Å². The second kappa shape index (κ2) is 4.00. The van der Waals surface area contributed by atoms with Gasteiger partial charge in [0.15, 0.2) is 5.82 Å². The van der Waals surface area contributed by atoms with Crippen LogP contribution in [0.4, 0.5) is 5.82 Å². The maximum atomic E-state index is 9.59. The lowest BCUT2D eigenvalue weighted by atomic mass is 9.99. The van der Waals surface area contributed by atoms with Crippen molar-refractivity contribution in [1.82, 2.24) is 14.6 Å². The Kier molecular flexibility index (Phi) is 2.48. The molecule has 90 valence electrons. The molecule has 0 spiro atoms. The minimum atomic E-state index is -0.195. The van der Waals surface area contributed by atoms with Gasteiger partial charge in [0, 0.05) is 12.4 Å². The summed E-state index contributed by atoms with van der Waals surface area (Å²) in [7, 11) is 0. The third-order valence-electron chi connectivity index (χ3n) is 3.57. The third kappa shape index (κ3) is 1.76. The Morgan fingerprint density at radius 2 is 2.18 bits per heavy atom. The van der Waals surface area contributed by atoms with E-state index in [4.69, 9.17) is 0 Å². The summed E-state index contributed by atoms with van der Waals surface area (Å²) in [6.07, 6.45) is 9.62. The maximum absolute atomic E-state index is 9.59. The van der Waals surface area contributed by atoms with E-state index in [9.17, 15) is 5.11 Å². The van der Waals surface area contributed by atoms with Crippen molar-refractivity contribution in [3.05, 3.63) is 24.7 Å². The van der Waals surface area contributed by atoms with E-state index in [-0.39, 0.29) is 12.1 Å². The van der Waals surface area contributed by atoms with Crippen LogP contribution in [0.3, 0.4) is 0 Å². The first-order valence-electron chi connectivity index (χ1n) is 6.00. The molecule has 0 radical (unpaired) electrons. The number of anilines is 1. The van der Waals surface area contributed by atoms with E-state index in [0.717, 1.165) is 37.0 Å². The number of hydrogen-bond acceptors (Lipinski definition) is 4. The fourth-order valence-corrected chi connectivity index (χ4v) is 2.58. The number of aromatic nitrogens is 3. The Bertz CT molecular complexity index is 516. The molecule has 1 aliphatic rings. The molecular weight excluding hydrogens is 216 g/mol. The lowest BCUT2D eigenvalue weighted by molar-refractivity contribution is 0.214. The molecule has 2 heterocycles. The average molecular weight is 232 g/mol. The highest BCUT2D eigenvalue weighted by atomic mass is 16.3. The van der Waals surface area contributed by atoms with Crippen LogP contribution in [0.2, 0.25) is 0 Å². The Balaban J connectivity index is 1.96. The van der Waals surface area contributed by atoms with E-state index in [1.54, 1.807) is 16.9 Å². The summed E-state index contributed by atoms with van der Waals surface area (Å²) < 4.78 is 1.79. The van der Waals surface area contributed by atoms with E-state index in [1.165, 1.54) is 0 Å². The van der Waals surface area contributed by atoms with Crippen molar-refractivity contribution in [2.24, 2.45) is 0 Å². The van der Waals surface area contributed by atoms with Gasteiger partial charge in [0.05, 0.1) is 18.3 Å². The molecule has 2 aromatic heterocycles. The van der Waals surface area contributed by atoms with Crippen molar-refractivity contribution < 1.29 is 5.11 Å². The normalized spacial score (nSPS) is 18.6. The van der Waals surface area contributed by atoms with Gasteiger partial charge in [-0.2, -0.15) is 5.10 Å². The zero-order valence-electron chi connectivity index (χ0n) is 9.63. The van der Waals surface area contributed by atoms with Gasteiger partial charge in [-0.3, -0.25) is 0 Å². The van der Waals surface area contributed by atoms with Gasteiger partial charge in [0.2, 0.25) is 0 Å². The fraction of sp³-hybridized carbons (Fsp3) is 0.500. The van der Waals surface area contributed by atoms with Gasteiger partial charge in [-0.15, -0.1) is 0 Å². The molecule has 0 aliphatic heterocycles. The molecule has 1 aliphatic carbocycles. The second-order valence-corrected chi connectivity index (χ2v) is 4.71. The van der Waals surface area contributed by atoms with Crippen LogP contribution in [0, 0.1) is 0 Å². The summed E-state index contributed by atoms with van der Waals surface area (Å²) in [5, 5.41) is 17.2. The molecule has 1 fully saturated rings. The van der Waals surface area contributed by atoms with Crippen molar-refractivity contribution >= 4 is 11.3 Å². The summed E-state index contributed by atoms with van der Waals surface area (Å²) in [5.74, 6) is 0.806. The van der Waals surface area contributed by atoms with E-state index in [0.29, 0.717) is 0 Å². The standard InChI is InChI=1S/C12H16N4O/c17-9-12(4-1-2-5-12)15-11-10-3-6-14-16(10)8-7-13-11/h3,6-8,17H,1-2,4-5,9H2,(H,13,15). The van der Waals surface area contributed by atoms with Crippen LogP contribution in [0.15, 0.2) is 24.7 Å². The number of aliphatic hydroxyl groups is 1. The van der Waals surface area contributed by atoms with Crippen LogP contribution in [0.1, 0.15) is 25.7 Å². The van der Waals surface area contributed by atoms with Crippen LogP contribution in [-0.2, 0) is 0 Å². The smallest absolute Gasteiger partial charge is 0.152 e. The Labute approximate surface area is 99.5 Å². The third-order valence-corrected chi connectivity index (χ3v) is 3.57.